The van der Waals surface area contributed by atoms with E-state index in [4.69, 9.17) is 10.5 Å². The van der Waals surface area contributed by atoms with Crippen molar-refractivity contribution >= 4 is 32.3 Å². The Morgan fingerprint density at radius 3 is 2.63 bits per heavy atom. The molecule has 1 unspecified atom stereocenters. The summed E-state index contributed by atoms with van der Waals surface area (Å²) < 4.78 is 30.3. The van der Waals surface area contributed by atoms with Crippen LogP contribution in [0.25, 0.3) is 10.9 Å². The van der Waals surface area contributed by atoms with E-state index in [-0.39, 0.29) is 6.61 Å². The minimum atomic E-state index is -3.31. The quantitative estimate of drug-likeness (QED) is 0.285. The van der Waals surface area contributed by atoms with Crippen molar-refractivity contribution < 1.29 is 18.3 Å². The Hall–Kier alpha value is -2.88. The molecule has 160 valence electrons. The number of aromatic nitrogens is 1. The predicted molar refractivity (Wildman–Crippen MR) is 119 cm³/mol. The summed E-state index contributed by atoms with van der Waals surface area (Å²) in [6, 6.07) is 16.1. The number of fused-ring (bicyclic) bond motifs is 1. The van der Waals surface area contributed by atoms with Gasteiger partial charge >= 0.3 is 0 Å². The van der Waals surface area contributed by atoms with Crippen molar-refractivity contribution in [3.05, 3.63) is 60.3 Å². The number of pyridine rings is 1. The molecular weight excluding hydrogens is 404 g/mol. The van der Waals surface area contributed by atoms with Crippen LogP contribution < -0.4 is 20.5 Å². The summed E-state index contributed by atoms with van der Waals surface area (Å²) in [6.45, 7) is 1.19. The number of hydrogen-bond donors (Lipinski definition) is 4. The third kappa shape index (κ3) is 6.87. The zero-order valence-electron chi connectivity index (χ0n) is 16.7. The molecule has 1 aromatic heterocycles. The van der Waals surface area contributed by atoms with Crippen LogP contribution >= 0.6 is 0 Å². The lowest BCUT2D eigenvalue weighted by molar-refractivity contribution is 0.106. The van der Waals surface area contributed by atoms with Gasteiger partial charge in [-0.25, -0.2) is 8.42 Å². The van der Waals surface area contributed by atoms with Crippen molar-refractivity contribution in [2.24, 2.45) is 0 Å². The topological polar surface area (TPSA) is 127 Å². The van der Waals surface area contributed by atoms with Gasteiger partial charge in [-0.1, -0.05) is 6.07 Å². The second-order valence-corrected chi connectivity index (χ2v) is 8.82. The minimum Gasteiger partial charge on any atom is -0.491 e. The van der Waals surface area contributed by atoms with Crippen LogP contribution in [-0.2, 0) is 16.4 Å². The molecule has 5 N–H and O–H groups in total. The largest absolute Gasteiger partial charge is 0.491 e. The lowest BCUT2D eigenvalue weighted by atomic mass is 10.1. The lowest BCUT2D eigenvalue weighted by Gasteiger charge is -2.14. The third-order valence-electron chi connectivity index (χ3n) is 4.31. The highest BCUT2D eigenvalue weighted by Crippen LogP contribution is 2.17. The van der Waals surface area contributed by atoms with E-state index in [1.165, 1.54) is 0 Å². The predicted octanol–water partition coefficient (Wildman–Crippen LogP) is 1.76. The van der Waals surface area contributed by atoms with Gasteiger partial charge in [0.25, 0.3) is 0 Å². The van der Waals surface area contributed by atoms with E-state index in [2.05, 4.69) is 15.0 Å². The summed E-state index contributed by atoms with van der Waals surface area (Å²) in [7, 11) is -3.31. The second kappa shape index (κ2) is 9.75. The van der Waals surface area contributed by atoms with E-state index in [9.17, 15) is 13.5 Å². The van der Waals surface area contributed by atoms with E-state index in [0.29, 0.717) is 24.5 Å². The molecule has 0 saturated heterocycles. The van der Waals surface area contributed by atoms with Gasteiger partial charge in [0.2, 0.25) is 10.0 Å². The van der Waals surface area contributed by atoms with E-state index in [1.807, 2.05) is 30.3 Å². The molecule has 1 heterocycles. The maximum Gasteiger partial charge on any atom is 0.229 e. The smallest absolute Gasteiger partial charge is 0.229 e. The van der Waals surface area contributed by atoms with Gasteiger partial charge in [-0.05, 0) is 48.5 Å². The minimum absolute atomic E-state index is 0.126. The van der Waals surface area contributed by atoms with Crippen LogP contribution in [0.5, 0.6) is 5.75 Å². The summed E-state index contributed by atoms with van der Waals surface area (Å²) in [5.41, 5.74) is 8.83. The number of hydrogen-bond acceptors (Lipinski definition) is 7. The van der Waals surface area contributed by atoms with E-state index in [0.717, 1.165) is 35.0 Å². The molecule has 0 amide bonds. The number of anilines is 2. The van der Waals surface area contributed by atoms with Crippen molar-refractivity contribution in [2.75, 3.05) is 36.4 Å². The average molecular weight is 431 g/mol. The fraction of sp³-hybridized carbons (Fsp3) is 0.286. The van der Waals surface area contributed by atoms with E-state index < -0.39 is 16.1 Å². The Morgan fingerprint density at radius 1 is 1.13 bits per heavy atom. The standard InChI is InChI=1S/C21H26N4O4S/c1-30(27,28)25-18-5-7-20(8-6-18)29-14-19(26)13-23-11-10-17-4-2-15-12-16(22)3-9-21(15)24-17/h2-9,12,19,23,25-26H,10-11,13-14,22H2,1H3. The van der Waals surface area contributed by atoms with E-state index >= 15 is 0 Å². The van der Waals surface area contributed by atoms with Crippen molar-refractivity contribution in [1.29, 1.82) is 0 Å². The normalized spacial score (nSPS) is 12.6. The van der Waals surface area contributed by atoms with Crippen LogP contribution in [-0.4, -0.2) is 50.6 Å². The van der Waals surface area contributed by atoms with Gasteiger partial charge in [0, 0.05) is 42.0 Å². The molecule has 30 heavy (non-hydrogen) atoms. The maximum absolute atomic E-state index is 11.2. The SMILES string of the molecule is CS(=O)(=O)Nc1ccc(OCC(O)CNCCc2ccc3cc(N)ccc3n2)cc1. The molecule has 8 nitrogen and oxygen atoms in total. The van der Waals surface area contributed by atoms with Gasteiger partial charge in [0.1, 0.15) is 18.5 Å². The van der Waals surface area contributed by atoms with Gasteiger partial charge in [-0.15, -0.1) is 0 Å². The number of nitrogens with one attached hydrogen (secondary N) is 2. The van der Waals surface area contributed by atoms with Gasteiger partial charge in [-0.3, -0.25) is 9.71 Å². The molecule has 0 saturated carbocycles. The average Bonchev–Trinajstić information content (AvgIpc) is 2.69. The summed E-state index contributed by atoms with van der Waals surface area (Å²) in [6.07, 6.45) is 1.15. The zero-order chi connectivity index (χ0) is 21.6. The Bertz CT molecular complexity index is 1090. The van der Waals surface area contributed by atoms with Crippen LogP contribution in [0.4, 0.5) is 11.4 Å². The highest BCUT2D eigenvalue weighted by atomic mass is 32.2. The van der Waals surface area contributed by atoms with E-state index in [1.54, 1.807) is 24.3 Å². The van der Waals surface area contributed by atoms with Gasteiger partial charge in [-0.2, -0.15) is 0 Å². The number of aliphatic hydroxyl groups excluding tert-OH is 1. The molecule has 3 rings (SSSR count). The van der Waals surface area contributed by atoms with Crippen LogP contribution in [0.15, 0.2) is 54.6 Å². The summed E-state index contributed by atoms with van der Waals surface area (Å²) in [5, 5.41) is 14.3. The monoisotopic (exact) mass is 430 g/mol. The van der Waals surface area contributed by atoms with Crippen molar-refractivity contribution in [2.45, 2.75) is 12.5 Å². The fourth-order valence-corrected chi connectivity index (χ4v) is 3.46. The lowest BCUT2D eigenvalue weighted by Crippen LogP contribution is -2.32. The van der Waals surface area contributed by atoms with Crippen molar-refractivity contribution in [3.8, 4) is 5.75 Å². The Morgan fingerprint density at radius 2 is 1.90 bits per heavy atom. The Labute approximate surface area is 176 Å². The molecule has 2 aromatic carbocycles. The Balaban J connectivity index is 1.38. The maximum atomic E-state index is 11.2. The molecule has 0 bridgehead atoms. The molecule has 1 atom stereocenters. The van der Waals surface area contributed by atoms with Gasteiger partial charge in [0.05, 0.1) is 11.8 Å². The number of nitrogen functional groups attached to an aromatic ring is 1. The molecule has 0 radical (unpaired) electrons. The molecule has 0 aliphatic carbocycles. The first kappa shape index (κ1) is 21.8. The van der Waals surface area contributed by atoms with Gasteiger partial charge < -0.3 is 20.9 Å². The Kier molecular flexibility index (Phi) is 7.09. The van der Waals surface area contributed by atoms with Crippen molar-refractivity contribution in [1.82, 2.24) is 10.3 Å². The zero-order valence-corrected chi connectivity index (χ0v) is 17.5. The number of aliphatic hydroxyl groups is 1. The summed E-state index contributed by atoms with van der Waals surface area (Å²) in [4.78, 5) is 4.61. The summed E-state index contributed by atoms with van der Waals surface area (Å²) in [5.74, 6) is 0.550. The summed E-state index contributed by atoms with van der Waals surface area (Å²) >= 11 is 0. The molecule has 0 fully saturated rings. The third-order valence-corrected chi connectivity index (χ3v) is 4.92. The first-order valence-electron chi connectivity index (χ1n) is 9.53. The molecular formula is C21H26N4O4S. The van der Waals surface area contributed by atoms with Crippen LogP contribution in [0.3, 0.4) is 0 Å². The van der Waals surface area contributed by atoms with Gasteiger partial charge in [0.15, 0.2) is 0 Å². The number of nitrogens with two attached hydrogens (primary N) is 1. The number of benzene rings is 2. The molecule has 0 spiro atoms. The first-order valence-corrected chi connectivity index (χ1v) is 11.4. The fourth-order valence-electron chi connectivity index (χ4n) is 2.90. The van der Waals surface area contributed by atoms with Crippen LogP contribution in [0, 0.1) is 0 Å². The molecule has 3 aromatic rings. The first-order chi connectivity index (χ1) is 14.3. The number of rotatable bonds is 10. The number of nitrogens with zero attached hydrogens (tertiary/aromatic N) is 1. The highest BCUT2D eigenvalue weighted by Gasteiger charge is 2.07. The number of sulfonamides is 1. The molecule has 9 heteroatoms. The molecule has 0 aliphatic heterocycles. The highest BCUT2D eigenvalue weighted by molar-refractivity contribution is 7.92. The van der Waals surface area contributed by atoms with Crippen LogP contribution in [0.1, 0.15) is 5.69 Å². The van der Waals surface area contributed by atoms with Crippen LogP contribution in [0.2, 0.25) is 0 Å². The van der Waals surface area contributed by atoms with Crippen molar-refractivity contribution in [3.63, 3.8) is 0 Å². The number of ether oxygens (including phenoxy) is 1. The molecule has 0 aliphatic rings. The second-order valence-electron chi connectivity index (χ2n) is 7.07.